The molecule has 0 heterocycles. The lowest BCUT2D eigenvalue weighted by Gasteiger charge is -2.38. The summed E-state index contributed by atoms with van der Waals surface area (Å²) in [5.41, 5.74) is 0. The lowest BCUT2D eigenvalue weighted by Crippen LogP contribution is -2.30. The number of hydrogen-bond acceptors (Lipinski definition) is 0. The molecule has 0 N–H and O–H groups in total. The molecule has 2 saturated carbocycles. The van der Waals surface area contributed by atoms with Gasteiger partial charge in [0.25, 0.3) is 0 Å². The van der Waals surface area contributed by atoms with Crippen LogP contribution < -0.4 is 0 Å². The Hall–Kier alpha value is -0.0700. The lowest BCUT2D eigenvalue weighted by atomic mass is 9.69. The van der Waals surface area contributed by atoms with Crippen LogP contribution in [0.2, 0.25) is 0 Å². The van der Waals surface area contributed by atoms with Crippen LogP contribution in [0.5, 0.6) is 0 Å². The van der Waals surface area contributed by atoms with Crippen LogP contribution in [0.3, 0.4) is 0 Å². The van der Waals surface area contributed by atoms with Crippen LogP contribution in [0.1, 0.15) is 58.8 Å². The second kappa shape index (κ2) is 4.84. The Morgan fingerprint density at radius 1 is 0.800 bits per heavy atom. The first kappa shape index (κ1) is 11.4. The van der Waals surface area contributed by atoms with Crippen LogP contribution in [-0.4, -0.2) is 6.17 Å². The third-order valence-corrected chi connectivity index (χ3v) is 4.83. The average Bonchev–Trinajstić information content (AvgIpc) is 2.23. The molecule has 2 fully saturated rings. The van der Waals surface area contributed by atoms with E-state index in [2.05, 4.69) is 13.8 Å². The quantitative estimate of drug-likeness (QED) is 0.596. The number of halogens is 1. The Balaban J connectivity index is 1.84. The fourth-order valence-electron chi connectivity index (χ4n) is 3.59. The van der Waals surface area contributed by atoms with Crippen LogP contribution in [-0.2, 0) is 0 Å². The largest absolute Gasteiger partial charge is 0.247 e. The highest BCUT2D eigenvalue weighted by Crippen LogP contribution is 2.42. The Morgan fingerprint density at radius 2 is 1.40 bits per heavy atom. The molecule has 0 saturated heterocycles. The predicted octanol–water partition coefficient (Wildman–Crippen LogP) is 4.59. The summed E-state index contributed by atoms with van der Waals surface area (Å²) in [4.78, 5) is 0. The minimum absolute atomic E-state index is 0.322. The van der Waals surface area contributed by atoms with Gasteiger partial charge in [-0.05, 0) is 55.8 Å². The van der Waals surface area contributed by atoms with Crippen LogP contribution in [0.25, 0.3) is 0 Å². The zero-order valence-corrected chi connectivity index (χ0v) is 10.2. The zero-order valence-electron chi connectivity index (χ0n) is 10.2. The van der Waals surface area contributed by atoms with E-state index in [4.69, 9.17) is 0 Å². The summed E-state index contributed by atoms with van der Waals surface area (Å²) in [7, 11) is 0. The highest BCUT2D eigenvalue weighted by atomic mass is 19.1. The van der Waals surface area contributed by atoms with Crippen molar-refractivity contribution in [2.24, 2.45) is 23.7 Å². The van der Waals surface area contributed by atoms with E-state index in [1.165, 1.54) is 25.7 Å². The van der Waals surface area contributed by atoms with Gasteiger partial charge in [-0.3, -0.25) is 0 Å². The number of rotatable bonds is 1. The van der Waals surface area contributed by atoms with E-state index in [-0.39, 0.29) is 0 Å². The van der Waals surface area contributed by atoms with Crippen LogP contribution in [0.15, 0.2) is 0 Å². The van der Waals surface area contributed by atoms with Crippen molar-refractivity contribution >= 4 is 0 Å². The van der Waals surface area contributed by atoms with Crippen molar-refractivity contribution in [1.82, 2.24) is 0 Å². The van der Waals surface area contributed by atoms with Gasteiger partial charge in [0.05, 0.1) is 0 Å². The number of hydrogen-bond donors (Lipinski definition) is 0. The molecule has 88 valence electrons. The van der Waals surface area contributed by atoms with Crippen molar-refractivity contribution in [3.05, 3.63) is 0 Å². The molecule has 2 rings (SSSR count). The van der Waals surface area contributed by atoms with Crippen molar-refractivity contribution in [3.8, 4) is 0 Å². The van der Waals surface area contributed by atoms with Crippen molar-refractivity contribution in [2.75, 3.05) is 0 Å². The molecule has 1 heteroatoms. The van der Waals surface area contributed by atoms with Gasteiger partial charge in [0.15, 0.2) is 0 Å². The SMILES string of the molecule is CC1CCC(C2CCC(F)C(C)C2)CC1. The third kappa shape index (κ3) is 2.73. The monoisotopic (exact) mass is 212 g/mol. The zero-order chi connectivity index (χ0) is 10.8. The molecule has 0 aromatic rings. The maximum Gasteiger partial charge on any atom is 0.103 e. The van der Waals surface area contributed by atoms with Crippen LogP contribution in [0, 0.1) is 23.7 Å². The summed E-state index contributed by atoms with van der Waals surface area (Å²) >= 11 is 0. The maximum absolute atomic E-state index is 13.4. The van der Waals surface area contributed by atoms with Gasteiger partial charge in [-0.25, -0.2) is 4.39 Å². The van der Waals surface area contributed by atoms with Gasteiger partial charge in [-0.1, -0.05) is 26.7 Å². The van der Waals surface area contributed by atoms with Crippen LogP contribution >= 0.6 is 0 Å². The Morgan fingerprint density at radius 3 is 2.00 bits per heavy atom. The van der Waals surface area contributed by atoms with Gasteiger partial charge in [0.1, 0.15) is 6.17 Å². The molecular formula is C14H25F. The summed E-state index contributed by atoms with van der Waals surface area (Å²) in [6, 6.07) is 0. The summed E-state index contributed by atoms with van der Waals surface area (Å²) in [6.45, 7) is 4.47. The van der Waals surface area contributed by atoms with E-state index >= 15 is 0 Å². The van der Waals surface area contributed by atoms with Gasteiger partial charge in [-0.15, -0.1) is 0 Å². The van der Waals surface area contributed by atoms with E-state index in [0.29, 0.717) is 5.92 Å². The molecule has 0 bridgehead atoms. The number of alkyl halides is 1. The summed E-state index contributed by atoms with van der Waals surface area (Å²) in [6.07, 6.45) is 8.28. The molecule has 0 amide bonds. The van der Waals surface area contributed by atoms with E-state index < -0.39 is 6.17 Å². The second-order valence-electron chi connectivity index (χ2n) is 6.09. The molecule has 3 unspecified atom stereocenters. The fraction of sp³-hybridized carbons (Fsp3) is 1.00. The molecule has 0 nitrogen and oxygen atoms in total. The molecule has 0 aliphatic heterocycles. The smallest absolute Gasteiger partial charge is 0.103 e. The standard InChI is InChI=1S/C14H25F/c1-10-3-5-12(6-4-10)13-7-8-14(15)11(2)9-13/h10-14H,3-9H2,1-2H3. The minimum Gasteiger partial charge on any atom is -0.247 e. The molecule has 2 aliphatic rings. The molecule has 3 atom stereocenters. The molecule has 0 aromatic heterocycles. The second-order valence-corrected chi connectivity index (χ2v) is 6.09. The minimum atomic E-state index is -0.510. The van der Waals surface area contributed by atoms with Crippen molar-refractivity contribution in [2.45, 2.75) is 65.0 Å². The highest BCUT2D eigenvalue weighted by Gasteiger charge is 2.33. The first-order valence-corrected chi connectivity index (χ1v) is 6.81. The summed E-state index contributed by atoms with van der Waals surface area (Å²) < 4.78 is 13.4. The van der Waals surface area contributed by atoms with Gasteiger partial charge >= 0.3 is 0 Å². The average molecular weight is 212 g/mol. The van der Waals surface area contributed by atoms with Crippen LogP contribution in [0.4, 0.5) is 4.39 Å². The molecule has 15 heavy (non-hydrogen) atoms. The predicted molar refractivity (Wildman–Crippen MR) is 62.5 cm³/mol. The summed E-state index contributed by atoms with van der Waals surface area (Å²) in [5, 5.41) is 0. The molecule has 0 spiro atoms. The van der Waals surface area contributed by atoms with E-state index in [1.54, 1.807) is 0 Å². The Kier molecular flexibility index (Phi) is 3.69. The van der Waals surface area contributed by atoms with Gasteiger partial charge < -0.3 is 0 Å². The first-order chi connectivity index (χ1) is 7.16. The maximum atomic E-state index is 13.4. The van der Waals surface area contributed by atoms with Gasteiger partial charge in [-0.2, -0.15) is 0 Å². The van der Waals surface area contributed by atoms with Gasteiger partial charge in [0.2, 0.25) is 0 Å². The van der Waals surface area contributed by atoms with E-state index in [9.17, 15) is 4.39 Å². The third-order valence-electron chi connectivity index (χ3n) is 4.83. The fourth-order valence-corrected chi connectivity index (χ4v) is 3.59. The Bertz CT molecular complexity index is 194. The van der Waals surface area contributed by atoms with Crippen molar-refractivity contribution < 1.29 is 4.39 Å². The van der Waals surface area contributed by atoms with E-state index in [1.807, 2.05) is 0 Å². The highest BCUT2D eigenvalue weighted by molar-refractivity contribution is 4.83. The molecule has 0 radical (unpaired) electrons. The first-order valence-electron chi connectivity index (χ1n) is 6.81. The molecular weight excluding hydrogens is 187 g/mol. The Labute approximate surface area is 93.6 Å². The lowest BCUT2D eigenvalue weighted by molar-refractivity contribution is 0.0892. The van der Waals surface area contributed by atoms with Crippen molar-refractivity contribution in [3.63, 3.8) is 0 Å². The van der Waals surface area contributed by atoms with Crippen molar-refractivity contribution in [1.29, 1.82) is 0 Å². The van der Waals surface area contributed by atoms with E-state index in [0.717, 1.165) is 37.0 Å². The topological polar surface area (TPSA) is 0 Å². The molecule has 2 aliphatic carbocycles. The normalized spacial score (nSPS) is 47.8. The van der Waals surface area contributed by atoms with Gasteiger partial charge in [0, 0.05) is 0 Å². The molecule has 0 aromatic carbocycles. The summed E-state index contributed by atoms with van der Waals surface area (Å²) in [5.74, 6) is 3.04.